The molecule has 0 amide bonds. The molecule has 0 fully saturated rings. The van der Waals surface area contributed by atoms with E-state index in [1.165, 1.54) is 55.2 Å². The smallest absolute Gasteiger partial charge is 0.136 e. The van der Waals surface area contributed by atoms with Crippen LogP contribution in [-0.4, -0.2) is 4.57 Å². The standard InChI is InChI=1S/C66H44N2O/c1-2-13-45(14-3-1)46-27-31-49(32-28-46)51-15-10-18-56(41-51)67(57-19-12-17-53(43-57)54-37-40-62-61-23-6-9-26-65(61)69-66(62)44-54)55-38-35-48(36-39-55)47-29-33-50(34-30-47)52-16-11-20-58(42-52)68-63-24-7-4-21-59(63)60-22-5-8-25-64(60)68/h1-44H. The number of furan rings is 1. The fourth-order valence-corrected chi connectivity index (χ4v) is 10.2. The lowest BCUT2D eigenvalue weighted by atomic mass is 9.98. The van der Waals surface area contributed by atoms with E-state index < -0.39 is 0 Å². The number of anilines is 3. The Morgan fingerprint density at radius 2 is 0.652 bits per heavy atom. The molecular weight excluding hydrogens is 837 g/mol. The molecule has 13 rings (SSSR count). The van der Waals surface area contributed by atoms with Crippen LogP contribution in [0.15, 0.2) is 271 Å². The van der Waals surface area contributed by atoms with E-state index in [0.717, 1.165) is 66.9 Å². The number of para-hydroxylation sites is 3. The van der Waals surface area contributed by atoms with Crippen molar-refractivity contribution in [2.75, 3.05) is 4.90 Å². The lowest BCUT2D eigenvalue weighted by molar-refractivity contribution is 0.669. The fraction of sp³-hybridized carbons (Fsp3) is 0. The van der Waals surface area contributed by atoms with Crippen molar-refractivity contribution in [3.8, 4) is 61.3 Å². The van der Waals surface area contributed by atoms with Gasteiger partial charge >= 0.3 is 0 Å². The minimum atomic E-state index is 0.887. The summed E-state index contributed by atoms with van der Waals surface area (Å²) in [4.78, 5) is 2.36. The van der Waals surface area contributed by atoms with E-state index in [-0.39, 0.29) is 0 Å². The quantitative estimate of drug-likeness (QED) is 0.144. The molecule has 2 aromatic heterocycles. The van der Waals surface area contributed by atoms with Gasteiger partial charge in [0.15, 0.2) is 0 Å². The van der Waals surface area contributed by atoms with Gasteiger partial charge in [-0.25, -0.2) is 0 Å². The molecule has 11 aromatic carbocycles. The van der Waals surface area contributed by atoms with Gasteiger partial charge in [0.2, 0.25) is 0 Å². The van der Waals surface area contributed by atoms with E-state index in [2.05, 4.69) is 264 Å². The van der Waals surface area contributed by atoms with E-state index in [1.54, 1.807) is 0 Å². The zero-order chi connectivity index (χ0) is 45.7. The first-order chi connectivity index (χ1) is 34.2. The van der Waals surface area contributed by atoms with Crippen LogP contribution >= 0.6 is 0 Å². The maximum Gasteiger partial charge on any atom is 0.136 e. The lowest BCUT2D eigenvalue weighted by Gasteiger charge is -2.27. The number of hydrogen-bond donors (Lipinski definition) is 0. The Kier molecular flexibility index (Phi) is 9.84. The van der Waals surface area contributed by atoms with Crippen molar-refractivity contribution in [2.45, 2.75) is 0 Å². The van der Waals surface area contributed by atoms with Crippen LogP contribution in [0.5, 0.6) is 0 Å². The minimum Gasteiger partial charge on any atom is -0.456 e. The molecule has 0 spiro atoms. The molecule has 0 atom stereocenters. The van der Waals surface area contributed by atoms with Gasteiger partial charge in [0.05, 0.1) is 11.0 Å². The highest BCUT2D eigenvalue weighted by Gasteiger charge is 2.17. The summed E-state index contributed by atoms with van der Waals surface area (Å²) in [7, 11) is 0. The Bertz CT molecular complexity index is 3940. The van der Waals surface area contributed by atoms with Gasteiger partial charge in [-0.3, -0.25) is 0 Å². The van der Waals surface area contributed by atoms with E-state index >= 15 is 0 Å². The molecule has 13 aromatic rings. The largest absolute Gasteiger partial charge is 0.456 e. The van der Waals surface area contributed by atoms with Gasteiger partial charge < -0.3 is 13.9 Å². The first kappa shape index (κ1) is 40.1. The molecule has 0 saturated carbocycles. The van der Waals surface area contributed by atoms with Crippen LogP contribution < -0.4 is 4.90 Å². The summed E-state index contributed by atoms with van der Waals surface area (Å²) in [6, 6.07) is 96.1. The average molecular weight is 881 g/mol. The number of rotatable bonds is 9. The number of fused-ring (bicyclic) bond motifs is 6. The normalized spacial score (nSPS) is 11.5. The Balaban J connectivity index is 0.841. The van der Waals surface area contributed by atoms with Crippen LogP contribution in [-0.2, 0) is 0 Å². The second-order valence-corrected chi connectivity index (χ2v) is 17.7. The fourth-order valence-electron chi connectivity index (χ4n) is 10.2. The molecule has 0 bridgehead atoms. The first-order valence-electron chi connectivity index (χ1n) is 23.6. The lowest BCUT2D eigenvalue weighted by Crippen LogP contribution is -2.10. The number of aromatic nitrogens is 1. The molecule has 0 N–H and O–H groups in total. The van der Waals surface area contributed by atoms with Crippen LogP contribution in [0.2, 0.25) is 0 Å². The summed E-state index contributed by atoms with van der Waals surface area (Å²) in [5.41, 5.74) is 20.2. The van der Waals surface area contributed by atoms with E-state index in [9.17, 15) is 0 Å². The molecule has 3 heteroatoms. The van der Waals surface area contributed by atoms with Crippen molar-refractivity contribution < 1.29 is 4.42 Å². The van der Waals surface area contributed by atoms with Gasteiger partial charge in [-0.2, -0.15) is 0 Å². The monoisotopic (exact) mass is 880 g/mol. The SMILES string of the molecule is c1ccc(-c2ccc(-c3cccc(N(c4ccc(-c5ccc(-c6cccc(-n7c8ccccc8c8ccccc87)c6)cc5)cc4)c4cccc(-c5ccc6c(c5)oc5ccccc56)c4)c3)cc2)cc1. The molecular formula is C66H44N2O. The summed E-state index contributed by atoms with van der Waals surface area (Å²) in [5, 5.41) is 4.79. The predicted molar refractivity (Wildman–Crippen MR) is 290 cm³/mol. The van der Waals surface area contributed by atoms with Gasteiger partial charge in [-0.1, -0.05) is 188 Å². The van der Waals surface area contributed by atoms with E-state index in [4.69, 9.17) is 4.42 Å². The van der Waals surface area contributed by atoms with Crippen LogP contribution in [0, 0.1) is 0 Å². The Morgan fingerprint density at radius 1 is 0.246 bits per heavy atom. The Labute approximate surface area is 401 Å². The highest BCUT2D eigenvalue weighted by Crippen LogP contribution is 2.41. The van der Waals surface area contributed by atoms with Crippen LogP contribution in [0.4, 0.5) is 17.1 Å². The molecule has 0 radical (unpaired) electrons. The molecule has 324 valence electrons. The maximum absolute atomic E-state index is 6.33. The number of hydrogen-bond acceptors (Lipinski definition) is 2. The van der Waals surface area contributed by atoms with E-state index in [1.807, 2.05) is 12.1 Å². The van der Waals surface area contributed by atoms with Gasteiger partial charge in [-0.15, -0.1) is 0 Å². The molecule has 0 saturated heterocycles. The molecule has 0 unspecified atom stereocenters. The number of nitrogens with zero attached hydrogens (tertiary/aromatic N) is 2. The van der Waals surface area contributed by atoms with E-state index in [0.29, 0.717) is 0 Å². The topological polar surface area (TPSA) is 21.3 Å². The maximum atomic E-state index is 6.33. The van der Waals surface area contributed by atoms with Crippen LogP contribution in [0.3, 0.4) is 0 Å². The summed E-state index contributed by atoms with van der Waals surface area (Å²) >= 11 is 0. The third kappa shape index (κ3) is 7.34. The van der Waals surface area contributed by atoms with Gasteiger partial charge in [0.1, 0.15) is 11.2 Å². The third-order valence-corrected chi connectivity index (χ3v) is 13.6. The first-order valence-corrected chi connectivity index (χ1v) is 23.6. The second kappa shape index (κ2) is 16.9. The molecule has 0 aliphatic carbocycles. The predicted octanol–water partition coefficient (Wildman–Crippen LogP) is 18.5. The average Bonchev–Trinajstić information content (AvgIpc) is 3.97. The third-order valence-electron chi connectivity index (χ3n) is 13.6. The van der Waals surface area contributed by atoms with Crippen LogP contribution in [0.25, 0.3) is 105 Å². The summed E-state index contributed by atoms with van der Waals surface area (Å²) in [5.74, 6) is 0. The molecule has 69 heavy (non-hydrogen) atoms. The zero-order valence-corrected chi connectivity index (χ0v) is 37.7. The second-order valence-electron chi connectivity index (χ2n) is 17.7. The van der Waals surface area contributed by atoms with Crippen molar-refractivity contribution >= 4 is 60.8 Å². The molecule has 0 aliphatic rings. The summed E-state index contributed by atoms with van der Waals surface area (Å²) in [6.45, 7) is 0. The van der Waals surface area contributed by atoms with Crippen LogP contribution in [0.1, 0.15) is 0 Å². The van der Waals surface area contributed by atoms with Gasteiger partial charge in [0, 0.05) is 44.3 Å². The van der Waals surface area contributed by atoms with Crippen molar-refractivity contribution in [3.05, 3.63) is 267 Å². The van der Waals surface area contributed by atoms with Crippen molar-refractivity contribution in [2.24, 2.45) is 0 Å². The highest BCUT2D eigenvalue weighted by atomic mass is 16.3. The Hall–Kier alpha value is -9.18. The van der Waals surface area contributed by atoms with Crippen molar-refractivity contribution in [1.82, 2.24) is 4.57 Å². The summed E-state index contributed by atoms with van der Waals surface area (Å²) < 4.78 is 8.71. The van der Waals surface area contributed by atoms with Gasteiger partial charge in [0.25, 0.3) is 0 Å². The minimum absolute atomic E-state index is 0.887. The van der Waals surface area contributed by atoms with Crippen molar-refractivity contribution in [3.63, 3.8) is 0 Å². The number of benzene rings is 11. The molecule has 0 aliphatic heterocycles. The zero-order valence-electron chi connectivity index (χ0n) is 37.7. The summed E-state index contributed by atoms with van der Waals surface area (Å²) in [6.07, 6.45) is 0. The molecule has 2 heterocycles. The van der Waals surface area contributed by atoms with Crippen molar-refractivity contribution in [1.29, 1.82) is 0 Å². The Morgan fingerprint density at radius 3 is 1.26 bits per heavy atom. The van der Waals surface area contributed by atoms with Gasteiger partial charge in [-0.05, 0) is 134 Å². The molecule has 3 nitrogen and oxygen atoms in total. The highest BCUT2D eigenvalue weighted by molar-refractivity contribution is 6.09.